The van der Waals surface area contributed by atoms with E-state index in [-0.39, 0.29) is 11.9 Å². The van der Waals surface area contributed by atoms with Gasteiger partial charge in [0.25, 0.3) is 0 Å². The molecule has 1 amide bonds. The third kappa shape index (κ3) is 4.41. The van der Waals surface area contributed by atoms with Crippen LogP contribution in [-0.2, 0) is 16.0 Å². The molecule has 6 nitrogen and oxygen atoms in total. The van der Waals surface area contributed by atoms with Gasteiger partial charge >= 0.3 is 5.97 Å². The third-order valence-electron chi connectivity index (χ3n) is 4.51. The number of esters is 1. The number of carbonyl (C=O) groups excluding carboxylic acids is 2. The highest BCUT2D eigenvalue weighted by Crippen LogP contribution is 2.19. The molecular formula is C19H23N3O3. The quantitative estimate of drug-likeness (QED) is 0.819. The average Bonchev–Trinajstić information content (AvgIpc) is 3.15. The molecule has 2 aromatic rings. The predicted molar refractivity (Wildman–Crippen MR) is 95.5 cm³/mol. The first kappa shape index (κ1) is 17.1. The molecule has 0 aliphatic carbocycles. The molecular weight excluding hydrogens is 318 g/mol. The highest BCUT2D eigenvalue weighted by molar-refractivity contribution is 5.90. The molecule has 1 aliphatic rings. The largest absolute Gasteiger partial charge is 0.465 e. The van der Waals surface area contributed by atoms with E-state index in [2.05, 4.69) is 10.3 Å². The first-order valence-corrected chi connectivity index (χ1v) is 8.50. The smallest absolute Gasteiger partial charge is 0.337 e. The molecule has 1 aliphatic heterocycles. The Morgan fingerprint density at radius 3 is 2.72 bits per heavy atom. The van der Waals surface area contributed by atoms with Crippen molar-refractivity contribution in [3.63, 3.8) is 0 Å². The molecule has 0 atom stereocenters. The predicted octanol–water partition coefficient (Wildman–Crippen LogP) is 2.45. The Balaban J connectivity index is 1.51. The second-order valence-corrected chi connectivity index (χ2v) is 6.24. The number of aromatic amines is 1. The van der Waals surface area contributed by atoms with Crippen molar-refractivity contribution in [1.29, 1.82) is 0 Å². The number of likely N-dealkylation sites (tertiary alicyclic amines) is 1. The van der Waals surface area contributed by atoms with E-state index in [1.54, 1.807) is 12.1 Å². The fourth-order valence-corrected chi connectivity index (χ4v) is 3.11. The van der Waals surface area contributed by atoms with Crippen molar-refractivity contribution in [2.24, 2.45) is 0 Å². The van der Waals surface area contributed by atoms with E-state index < -0.39 is 0 Å². The van der Waals surface area contributed by atoms with Gasteiger partial charge in [0.1, 0.15) is 0 Å². The number of methoxy groups -OCH3 is 1. The number of aromatic nitrogens is 1. The summed E-state index contributed by atoms with van der Waals surface area (Å²) in [5, 5.41) is 3.45. The number of ether oxygens (including phenoxy) is 1. The summed E-state index contributed by atoms with van der Waals surface area (Å²) in [4.78, 5) is 28.9. The van der Waals surface area contributed by atoms with Gasteiger partial charge in [-0.25, -0.2) is 4.79 Å². The van der Waals surface area contributed by atoms with Gasteiger partial charge in [-0.2, -0.15) is 0 Å². The lowest BCUT2D eigenvalue weighted by Gasteiger charge is -2.33. The molecule has 0 bridgehead atoms. The number of H-pyrrole nitrogens is 1. The van der Waals surface area contributed by atoms with Gasteiger partial charge in [-0.05, 0) is 43.2 Å². The molecule has 1 saturated heterocycles. The van der Waals surface area contributed by atoms with E-state index in [4.69, 9.17) is 4.74 Å². The van der Waals surface area contributed by atoms with Crippen molar-refractivity contribution in [3.05, 3.63) is 53.9 Å². The van der Waals surface area contributed by atoms with Gasteiger partial charge in [0.05, 0.1) is 19.1 Å². The topological polar surface area (TPSA) is 74.4 Å². The van der Waals surface area contributed by atoms with E-state index in [0.717, 1.165) is 37.3 Å². The Morgan fingerprint density at radius 2 is 2.04 bits per heavy atom. The van der Waals surface area contributed by atoms with Crippen LogP contribution in [0, 0.1) is 0 Å². The van der Waals surface area contributed by atoms with Crippen molar-refractivity contribution < 1.29 is 14.3 Å². The minimum Gasteiger partial charge on any atom is -0.465 e. The molecule has 2 N–H and O–H groups in total. The normalized spacial score (nSPS) is 15.0. The van der Waals surface area contributed by atoms with Crippen LogP contribution in [0.4, 0.5) is 5.69 Å². The number of piperidine rings is 1. The maximum atomic E-state index is 12.3. The van der Waals surface area contributed by atoms with Crippen LogP contribution in [0.15, 0.2) is 42.6 Å². The monoisotopic (exact) mass is 341 g/mol. The molecule has 0 saturated carbocycles. The molecule has 0 unspecified atom stereocenters. The Bertz CT molecular complexity index is 719. The van der Waals surface area contributed by atoms with Gasteiger partial charge in [0, 0.05) is 36.7 Å². The number of nitrogens with zero attached hydrogens (tertiary/aromatic N) is 1. The minimum atomic E-state index is -0.339. The van der Waals surface area contributed by atoms with Crippen molar-refractivity contribution in [2.45, 2.75) is 25.3 Å². The van der Waals surface area contributed by atoms with Gasteiger partial charge in [-0.15, -0.1) is 0 Å². The van der Waals surface area contributed by atoms with Crippen LogP contribution in [0.2, 0.25) is 0 Å². The number of rotatable bonds is 5. The van der Waals surface area contributed by atoms with E-state index in [0.29, 0.717) is 18.0 Å². The van der Waals surface area contributed by atoms with Crippen LogP contribution in [0.25, 0.3) is 0 Å². The van der Waals surface area contributed by atoms with Gasteiger partial charge in [-0.3, -0.25) is 4.79 Å². The van der Waals surface area contributed by atoms with Crippen LogP contribution in [0.1, 0.15) is 28.9 Å². The second-order valence-electron chi connectivity index (χ2n) is 6.24. The number of carbonyl (C=O) groups is 2. The highest BCUT2D eigenvalue weighted by Gasteiger charge is 2.23. The van der Waals surface area contributed by atoms with Crippen LogP contribution >= 0.6 is 0 Å². The van der Waals surface area contributed by atoms with Crippen molar-refractivity contribution in [1.82, 2.24) is 9.88 Å². The first-order chi connectivity index (χ1) is 12.2. The summed E-state index contributed by atoms with van der Waals surface area (Å²) >= 11 is 0. The fraction of sp³-hybridized carbons (Fsp3) is 0.368. The lowest BCUT2D eigenvalue weighted by Crippen LogP contribution is -2.43. The standard InChI is InChI=1S/C19H23N3O3/c1-25-19(24)14-4-2-5-17(12-14)21-15-7-10-22(11-8-15)18(23)13-16-6-3-9-20-16/h2-6,9,12,15,20-21H,7-8,10-11,13H2,1H3. The zero-order chi connectivity index (χ0) is 17.6. The molecule has 2 heterocycles. The molecule has 132 valence electrons. The summed E-state index contributed by atoms with van der Waals surface area (Å²) < 4.78 is 4.75. The fourth-order valence-electron chi connectivity index (χ4n) is 3.11. The Morgan fingerprint density at radius 1 is 1.24 bits per heavy atom. The van der Waals surface area contributed by atoms with E-state index in [1.807, 2.05) is 35.4 Å². The maximum absolute atomic E-state index is 12.3. The van der Waals surface area contributed by atoms with Crippen molar-refractivity contribution in [2.75, 3.05) is 25.5 Å². The van der Waals surface area contributed by atoms with E-state index >= 15 is 0 Å². The Hall–Kier alpha value is -2.76. The molecule has 25 heavy (non-hydrogen) atoms. The molecule has 3 rings (SSSR count). The number of benzene rings is 1. The SMILES string of the molecule is COC(=O)c1cccc(NC2CCN(C(=O)Cc3ccc[nH]3)CC2)c1. The molecule has 6 heteroatoms. The van der Waals surface area contributed by atoms with E-state index in [9.17, 15) is 9.59 Å². The second kappa shape index (κ2) is 7.88. The van der Waals surface area contributed by atoms with Crippen LogP contribution in [0.3, 0.4) is 0 Å². The molecule has 0 spiro atoms. The summed E-state index contributed by atoms with van der Waals surface area (Å²) in [5.74, 6) is -0.179. The zero-order valence-electron chi connectivity index (χ0n) is 14.3. The highest BCUT2D eigenvalue weighted by atomic mass is 16.5. The van der Waals surface area contributed by atoms with Crippen molar-refractivity contribution >= 4 is 17.6 Å². The summed E-state index contributed by atoms with van der Waals surface area (Å²) in [5.41, 5.74) is 2.38. The lowest BCUT2D eigenvalue weighted by molar-refractivity contribution is -0.131. The molecule has 1 aromatic heterocycles. The zero-order valence-corrected chi connectivity index (χ0v) is 14.3. The van der Waals surface area contributed by atoms with Gasteiger partial charge in [-0.1, -0.05) is 6.07 Å². The van der Waals surface area contributed by atoms with E-state index in [1.165, 1.54) is 7.11 Å². The summed E-state index contributed by atoms with van der Waals surface area (Å²) in [6, 6.07) is 11.4. The van der Waals surface area contributed by atoms with Crippen LogP contribution in [-0.4, -0.2) is 48.0 Å². The van der Waals surface area contributed by atoms with Gasteiger partial charge in [0.2, 0.25) is 5.91 Å². The van der Waals surface area contributed by atoms with Crippen LogP contribution in [0.5, 0.6) is 0 Å². The van der Waals surface area contributed by atoms with Gasteiger partial charge in [0.15, 0.2) is 0 Å². The van der Waals surface area contributed by atoms with Crippen LogP contribution < -0.4 is 5.32 Å². The third-order valence-corrected chi connectivity index (χ3v) is 4.51. The molecule has 1 aromatic carbocycles. The Kier molecular flexibility index (Phi) is 5.38. The first-order valence-electron chi connectivity index (χ1n) is 8.50. The maximum Gasteiger partial charge on any atom is 0.337 e. The summed E-state index contributed by atoms with van der Waals surface area (Å²) in [6.45, 7) is 1.49. The number of nitrogens with one attached hydrogen (secondary N) is 2. The lowest BCUT2D eigenvalue weighted by atomic mass is 10.0. The van der Waals surface area contributed by atoms with Gasteiger partial charge < -0.3 is 19.9 Å². The number of hydrogen-bond donors (Lipinski definition) is 2. The molecule has 0 radical (unpaired) electrons. The minimum absolute atomic E-state index is 0.161. The van der Waals surface area contributed by atoms with Crippen molar-refractivity contribution in [3.8, 4) is 0 Å². The summed E-state index contributed by atoms with van der Waals surface area (Å²) in [6.07, 6.45) is 4.03. The number of hydrogen-bond acceptors (Lipinski definition) is 4. The Labute approximate surface area is 147 Å². The number of anilines is 1. The average molecular weight is 341 g/mol. The molecule has 1 fully saturated rings. The summed E-state index contributed by atoms with van der Waals surface area (Å²) in [7, 11) is 1.38. The number of amides is 1.